The fourth-order valence-electron chi connectivity index (χ4n) is 2.88. The van der Waals surface area contributed by atoms with Crippen molar-refractivity contribution in [3.63, 3.8) is 0 Å². The van der Waals surface area contributed by atoms with Crippen LogP contribution in [-0.4, -0.2) is 4.40 Å². The van der Waals surface area contributed by atoms with E-state index in [4.69, 9.17) is 11.6 Å². The predicted molar refractivity (Wildman–Crippen MR) is 93.3 cm³/mol. The van der Waals surface area contributed by atoms with E-state index in [2.05, 4.69) is 65.3 Å². The molecule has 2 heteroatoms. The number of hydrogen-bond donors (Lipinski definition) is 0. The van der Waals surface area contributed by atoms with Crippen LogP contribution in [0.4, 0.5) is 0 Å². The van der Waals surface area contributed by atoms with Crippen LogP contribution in [-0.2, 0) is 0 Å². The molecule has 0 N–H and O–H groups in total. The Bertz CT molecular complexity index is 921. The van der Waals surface area contributed by atoms with Crippen LogP contribution in [0.15, 0.2) is 85.2 Å². The molecule has 4 aromatic rings. The lowest BCUT2D eigenvalue weighted by Gasteiger charge is -2.06. The normalized spacial score (nSPS) is 11.0. The summed E-state index contributed by atoms with van der Waals surface area (Å²) in [4.78, 5) is 0. The summed E-state index contributed by atoms with van der Waals surface area (Å²) in [5, 5.41) is 0.758. The van der Waals surface area contributed by atoms with E-state index >= 15 is 0 Å². The molecule has 0 unspecified atom stereocenters. The van der Waals surface area contributed by atoms with Gasteiger partial charge in [0.25, 0.3) is 0 Å². The van der Waals surface area contributed by atoms with Gasteiger partial charge in [-0.25, -0.2) is 0 Å². The van der Waals surface area contributed by atoms with Crippen LogP contribution >= 0.6 is 11.6 Å². The molecule has 2 heterocycles. The number of fused-ring (bicyclic) bond motifs is 1. The maximum absolute atomic E-state index is 6.03. The minimum atomic E-state index is 0.758. The third-order valence-corrected chi connectivity index (χ3v) is 4.15. The van der Waals surface area contributed by atoms with Crippen LogP contribution in [0, 0.1) is 0 Å². The van der Waals surface area contributed by atoms with E-state index in [1.54, 1.807) is 0 Å². The van der Waals surface area contributed by atoms with Gasteiger partial charge in [-0.15, -0.1) is 0 Å². The van der Waals surface area contributed by atoms with Crippen LogP contribution in [0.2, 0.25) is 5.02 Å². The van der Waals surface area contributed by atoms with Crippen molar-refractivity contribution in [3.8, 4) is 22.3 Å². The number of rotatable bonds is 2. The smallest absolute Gasteiger partial charge is 0.0534 e. The van der Waals surface area contributed by atoms with Gasteiger partial charge in [-0.1, -0.05) is 60.1 Å². The van der Waals surface area contributed by atoms with Crippen LogP contribution in [0.25, 0.3) is 27.8 Å². The minimum absolute atomic E-state index is 0.758. The maximum atomic E-state index is 6.03. The number of hydrogen-bond acceptors (Lipinski definition) is 0. The molecule has 2 aromatic heterocycles. The first kappa shape index (κ1) is 13.2. The van der Waals surface area contributed by atoms with Crippen molar-refractivity contribution in [2.75, 3.05) is 0 Å². The zero-order valence-corrected chi connectivity index (χ0v) is 12.7. The molecule has 0 aliphatic heterocycles. The average Bonchev–Trinajstić information content (AvgIpc) is 2.96. The molecule has 22 heavy (non-hydrogen) atoms. The van der Waals surface area contributed by atoms with Gasteiger partial charge >= 0.3 is 0 Å². The number of pyridine rings is 1. The SMILES string of the molecule is Clc1ccc(-c2cn3ccccc3c2-c2ccccc2)cc1. The summed E-state index contributed by atoms with van der Waals surface area (Å²) in [6, 6.07) is 24.8. The van der Waals surface area contributed by atoms with Crippen molar-refractivity contribution in [3.05, 3.63) is 90.2 Å². The van der Waals surface area contributed by atoms with E-state index in [0.29, 0.717) is 0 Å². The molecular weight excluding hydrogens is 290 g/mol. The molecule has 106 valence electrons. The lowest BCUT2D eigenvalue weighted by Crippen LogP contribution is -1.81. The van der Waals surface area contributed by atoms with Gasteiger partial charge in [0.2, 0.25) is 0 Å². The summed E-state index contributed by atoms with van der Waals surface area (Å²) in [5.41, 5.74) is 6.07. The molecule has 2 aromatic carbocycles. The van der Waals surface area contributed by atoms with E-state index in [9.17, 15) is 0 Å². The topological polar surface area (TPSA) is 4.41 Å². The van der Waals surface area contributed by atoms with Crippen LogP contribution < -0.4 is 0 Å². The van der Waals surface area contributed by atoms with Crippen LogP contribution in [0.3, 0.4) is 0 Å². The summed E-state index contributed by atoms with van der Waals surface area (Å²) in [5.74, 6) is 0. The second kappa shape index (κ2) is 5.36. The van der Waals surface area contributed by atoms with E-state index in [0.717, 1.165) is 5.02 Å². The maximum Gasteiger partial charge on any atom is 0.0534 e. The third kappa shape index (κ3) is 2.20. The van der Waals surface area contributed by atoms with Gasteiger partial charge in [-0.2, -0.15) is 0 Å². The van der Waals surface area contributed by atoms with Crippen LogP contribution in [0.1, 0.15) is 0 Å². The Hall–Kier alpha value is -2.51. The van der Waals surface area contributed by atoms with E-state index in [1.165, 1.54) is 27.8 Å². The summed E-state index contributed by atoms with van der Waals surface area (Å²) in [7, 11) is 0. The molecule has 4 rings (SSSR count). The fraction of sp³-hybridized carbons (Fsp3) is 0. The summed E-state index contributed by atoms with van der Waals surface area (Å²) in [6.45, 7) is 0. The molecule has 1 nitrogen and oxygen atoms in total. The number of benzene rings is 2. The van der Waals surface area contributed by atoms with Gasteiger partial charge < -0.3 is 4.40 Å². The highest BCUT2D eigenvalue weighted by atomic mass is 35.5. The monoisotopic (exact) mass is 303 g/mol. The largest absolute Gasteiger partial charge is 0.323 e. The van der Waals surface area contributed by atoms with Gasteiger partial charge in [0.1, 0.15) is 0 Å². The molecule has 0 amide bonds. The molecule has 0 radical (unpaired) electrons. The quantitative estimate of drug-likeness (QED) is 0.432. The number of nitrogens with zero attached hydrogens (tertiary/aromatic N) is 1. The first-order valence-corrected chi connectivity index (χ1v) is 7.62. The fourth-order valence-corrected chi connectivity index (χ4v) is 3.00. The lowest BCUT2D eigenvalue weighted by atomic mass is 9.98. The van der Waals surface area contributed by atoms with Crippen molar-refractivity contribution in [2.45, 2.75) is 0 Å². The molecule has 0 saturated heterocycles. The minimum Gasteiger partial charge on any atom is -0.323 e. The van der Waals surface area contributed by atoms with Gasteiger partial charge in [0.15, 0.2) is 0 Å². The van der Waals surface area contributed by atoms with E-state index in [-0.39, 0.29) is 0 Å². The second-order valence-electron chi connectivity index (χ2n) is 5.28. The van der Waals surface area contributed by atoms with Gasteiger partial charge in [0, 0.05) is 28.5 Å². The molecule has 0 aliphatic carbocycles. The summed E-state index contributed by atoms with van der Waals surface area (Å²) in [6.07, 6.45) is 4.27. The Labute approximate surface area is 134 Å². The third-order valence-electron chi connectivity index (χ3n) is 3.90. The Morgan fingerprint density at radius 1 is 0.682 bits per heavy atom. The average molecular weight is 304 g/mol. The van der Waals surface area contributed by atoms with Crippen LogP contribution in [0.5, 0.6) is 0 Å². The molecule has 0 spiro atoms. The van der Waals surface area contributed by atoms with Crippen molar-refractivity contribution < 1.29 is 0 Å². The molecular formula is C20H14ClN. The van der Waals surface area contributed by atoms with E-state index < -0.39 is 0 Å². The first-order valence-electron chi connectivity index (χ1n) is 7.24. The lowest BCUT2D eigenvalue weighted by molar-refractivity contribution is 1.20. The van der Waals surface area contributed by atoms with Crippen molar-refractivity contribution in [1.29, 1.82) is 0 Å². The number of halogens is 1. The van der Waals surface area contributed by atoms with Gasteiger partial charge in [-0.05, 0) is 35.4 Å². The Balaban J connectivity index is 2.04. The Morgan fingerprint density at radius 2 is 1.41 bits per heavy atom. The Morgan fingerprint density at radius 3 is 2.18 bits per heavy atom. The molecule has 0 fully saturated rings. The van der Waals surface area contributed by atoms with E-state index in [1.807, 2.05) is 24.3 Å². The Kier molecular flexibility index (Phi) is 3.21. The predicted octanol–water partition coefficient (Wildman–Crippen LogP) is 5.93. The first-order chi connectivity index (χ1) is 10.8. The van der Waals surface area contributed by atoms with Crippen molar-refractivity contribution in [1.82, 2.24) is 4.40 Å². The molecule has 0 aliphatic rings. The molecule has 0 saturated carbocycles. The van der Waals surface area contributed by atoms with Gasteiger partial charge in [0.05, 0.1) is 5.52 Å². The zero-order chi connectivity index (χ0) is 14.9. The van der Waals surface area contributed by atoms with Crippen molar-refractivity contribution >= 4 is 17.1 Å². The summed E-state index contributed by atoms with van der Waals surface area (Å²) < 4.78 is 2.17. The molecule has 0 atom stereocenters. The number of aromatic nitrogens is 1. The highest BCUT2D eigenvalue weighted by Gasteiger charge is 2.13. The van der Waals surface area contributed by atoms with Gasteiger partial charge in [-0.3, -0.25) is 0 Å². The second-order valence-corrected chi connectivity index (χ2v) is 5.72. The zero-order valence-electron chi connectivity index (χ0n) is 11.9. The standard InChI is InChI=1S/C20H14ClN/c21-17-11-9-15(10-12-17)18-14-22-13-5-4-8-19(22)20(18)16-6-2-1-3-7-16/h1-14H. The highest BCUT2D eigenvalue weighted by molar-refractivity contribution is 6.30. The highest BCUT2D eigenvalue weighted by Crippen LogP contribution is 2.37. The van der Waals surface area contributed by atoms with Crippen molar-refractivity contribution in [2.24, 2.45) is 0 Å². The summed E-state index contributed by atoms with van der Waals surface area (Å²) >= 11 is 6.03. The molecule has 0 bridgehead atoms.